The van der Waals surface area contributed by atoms with E-state index in [9.17, 15) is 34.5 Å². The molecule has 6 aromatic heterocycles. The molecule has 0 aliphatic heterocycles. The summed E-state index contributed by atoms with van der Waals surface area (Å²) in [7, 11) is -12.0. The van der Waals surface area contributed by atoms with Gasteiger partial charge in [-0.1, -0.05) is 0 Å². The molecule has 0 amide bonds. The van der Waals surface area contributed by atoms with E-state index >= 15 is 0 Å². The molecule has 0 saturated carbocycles. The quantitative estimate of drug-likeness (QED) is 0.151. The topological polar surface area (TPSA) is 107 Å². The van der Waals surface area contributed by atoms with Gasteiger partial charge < -0.3 is 34.5 Å². The van der Waals surface area contributed by atoms with Gasteiger partial charge in [-0.05, 0) is 77.9 Å². The number of rotatable bonds is 6. The molecule has 0 aliphatic carbocycles. The van der Waals surface area contributed by atoms with Gasteiger partial charge in [-0.3, -0.25) is 0 Å². The largest absolute Gasteiger partial charge is 2.00 e. The van der Waals surface area contributed by atoms with E-state index in [1.54, 1.807) is 37.2 Å². The Morgan fingerprint density at radius 2 is 0.490 bits per heavy atom. The molecule has 0 radical (unpaired) electrons. The Hall–Kier alpha value is -4.65. The van der Waals surface area contributed by atoms with Gasteiger partial charge >= 0.3 is 31.6 Å². The summed E-state index contributed by atoms with van der Waals surface area (Å²) >= 11 is 0. The van der Waals surface area contributed by atoms with Crippen LogP contribution in [0.1, 0.15) is 46.7 Å². The number of aryl methyl sites for hydroxylation is 6. The van der Waals surface area contributed by atoms with Gasteiger partial charge in [0.15, 0.2) is 0 Å². The first-order chi connectivity index (χ1) is 22.4. The average molecular weight is 742 g/mol. The third-order valence-corrected chi connectivity index (χ3v) is 6.52. The molecule has 0 saturated heterocycles. The maximum atomic E-state index is 9.75. The van der Waals surface area contributed by atoms with Crippen LogP contribution in [-0.4, -0.2) is 73.2 Å². The fourth-order valence-electron chi connectivity index (χ4n) is 4.35. The molecule has 49 heavy (non-hydrogen) atoms. The molecule has 0 atom stereocenters. The van der Waals surface area contributed by atoms with Crippen LogP contribution in [0.3, 0.4) is 0 Å². The minimum Gasteiger partial charge on any atom is -0.418 e. The van der Waals surface area contributed by atoms with Crippen LogP contribution in [0.5, 0.6) is 0 Å². The van der Waals surface area contributed by atoms with Crippen LogP contribution in [-0.2, 0) is 17.1 Å². The second-order valence-electron chi connectivity index (χ2n) is 10.2. The molecule has 12 nitrogen and oxygen atoms in total. The second kappa shape index (κ2) is 17.1. The molecule has 0 fully saturated rings. The normalized spacial score (nSPS) is 11.3. The van der Waals surface area contributed by atoms with Crippen molar-refractivity contribution >= 4 is 14.5 Å². The monoisotopic (exact) mass is 742 g/mol. The van der Waals surface area contributed by atoms with Gasteiger partial charge in [-0.15, -0.1) is 0 Å². The predicted molar refractivity (Wildman–Crippen MR) is 162 cm³/mol. The maximum Gasteiger partial charge on any atom is 2.00 e. The van der Waals surface area contributed by atoms with E-state index in [1.165, 1.54) is 0 Å². The van der Waals surface area contributed by atoms with Crippen LogP contribution in [0, 0.1) is 41.5 Å². The Morgan fingerprint density at radius 3 is 0.571 bits per heavy atom. The fourth-order valence-corrected chi connectivity index (χ4v) is 4.35. The van der Waals surface area contributed by atoms with E-state index in [0.29, 0.717) is 0 Å². The van der Waals surface area contributed by atoms with Crippen molar-refractivity contribution in [1.29, 1.82) is 0 Å². The van der Waals surface area contributed by atoms with Crippen molar-refractivity contribution in [3.63, 3.8) is 0 Å². The van der Waals surface area contributed by atoms with Crippen LogP contribution in [0.2, 0.25) is 0 Å². The Bertz CT molecular complexity index is 1520. The van der Waals surface area contributed by atoms with Crippen LogP contribution in [0.4, 0.5) is 34.5 Å². The zero-order valence-corrected chi connectivity index (χ0v) is 28.1. The van der Waals surface area contributed by atoms with Crippen molar-refractivity contribution in [2.24, 2.45) is 0 Å². The summed E-state index contributed by atoms with van der Waals surface area (Å²) in [5, 5.41) is 26.4. The SMILES string of the molecule is Cc1ccnn1C(n1nccc1C)n1nccc1C.Cc1ccnn1C(n1nccc1C)n1nccc1C.F[B-](F)(F)F.F[B-](F)(F)F.[Fe+2]. The molecule has 0 bridgehead atoms. The van der Waals surface area contributed by atoms with Crippen LogP contribution in [0.15, 0.2) is 73.6 Å². The Balaban J connectivity index is 0.000000264. The molecule has 6 heterocycles. The van der Waals surface area contributed by atoms with Gasteiger partial charge in [-0.2, -0.15) is 30.6 Å². The Labute approximate surface area is 286 Å². The smallest absolute Gasteiger partial charge is 0.418 e. The third kappa shape index (κ3) is 11.8. The summed E-state index contributed by atoms with van der Waals surface area (Å²) in [6.45, 7) is 12.2. The molecule has 266 valence electrons. The Kier molecular flexibility index (Phi) is 14.2. The van der Waals surface area contributed by atoms with Gasteiger partial charge in [0.1, 0.15) is 0 Å². The number of aromatic nitrogens is 12. The molecule has 0 spiro atoms. The van der Waals surface area contributed by atoms with Crippen molar-refractivity contribution < 1.29 is 51.6 Å². The fraction of sp³-hybridized carbons (Fsp3) is 0.308. The van der Waals surface area contributed by atoms with E-state index < -0.39 is 14.5 Å². The second-order valence-corrected chi connectivity index (χ2v) is 10.2. The molecule has 0 aliphatic rings. The van der Waals surface area contributed by atoms with Crippen molar-refractivity contribution in [1.82, 2.24) is 58.7 Å². The summed E-state index contributed by atoms with van der Waals surface area (Å²) < 4.78 is 89.5. The molecule has 6 rings (SSSR count). The molecule has 0 N–H and O–H groups in total. The number of hydrogen-bond donors (Lipinski definition) is 0. The summed E-state index contributed by atoms with van der Waals surface area (Å²) in [5.74, 6) is 0. The third-order valence-electron chi connectivity index (χ3n) is 6.52. The molecule has 0 aromatic carbocycles. The maximum absolute atomic E-state index is 9.75. The van der Waals surface area contributed by atoms with Crippen molar-refractivity contribution in [3.8, 4) is 0 Å². The zero-order chi connectivity index (χ0) is 35.8. The summed E-state index contributed by atoms with van der Waals surface area (Å²) in [4.78, 5) is 0. The predicted octanol–water partition coefficient (Wildman–Crippen LogP) is 6.11. The first-order valence-electron chi connectivity index (χ1n) is 14.1. The van der Waals surface area contributed by atoms with Crippen LogP contribution < -0.4 is 0 Å². The van der Waals surface area contributed by atoms with E-state index in [4.69, 9.17) is 0 Å². The standard InChI is InChI=1S/2C13H16N6.2BF4.Fe/c2*1-10-4-7-14-17(10)13(18-11(2)5-8-15-18)19-12(3)6-9-16-19;2*2-1(3,4)5;/h2*4-9,13H,1-3H3;;;/q;;2*-1;+2. The molecule has 0 unspecified atom stereocenters. The number of halogens is 8. The summed E-state index contributed by atoms with van der Waals surface area (Å²) in [5.41, 5.74) is 6.39. The van der Waals surface area contributed by atoms with Crippen LogP contribution >= 0.6 is 0 Å². The minimum absolute atomic E-state index is 0. The molecular formula is C26H32B2F8FeN12. The van der Waals surface area contributed by atoms with Gasteiger partial charge in [0, 0.05) is 71.3 Å². The van der Waals surface area contributed by atoms with Gasteiger partial charge in [0.05, 0.1) is 0 Å². The van der Waals surface area contributed by atoms with Gasteiger partial charge in [0.2, 0.25) is 12.6 Å². The van der Waals surface area contributed by atoms with Crippen molar-refractivity contribution in [2.75, 3.05) is 0 Å². The van der Waals surface area contributed by atoms with Gasteiger partial charge in [-0.25, -0.2) is 28.1 Å². The zero-order valence-electron chi connectivity index (χ0n) is 27.0. The van der Waals surface area contributed by atoms with Gasteiger partial charge in [0.25, 0.3) is 0 Å². The minimum atomic E-state index is -6.00. The summed E-state index contributed by atoms with van der Waals surface area (Å²) in [6.07, 6.45) is 10.3. The van der Waals surface area contributed by atoms with Crippen molar-refractivity contribution in [3.05, 3.63) is 108 Å². The van der Waals surface area contributed by atoms with E-state index in [1.807, 2.05) is 106 Å². The average Bonchev–Trinajstić information content (AvgIpc) is 3.81. The van der Waals surface area contributed by atoms with E-state index in [-0.39, 0.29) is 29.6 Å². The first kappa shape index (κ1) is 40.5. The summed E-state index contributed by atoms with van der Waals surface area (Å²) in [6, 6.07) is 11.9. The van der Waals surface area contributed by atoms with Crippen molar-refractivity contribution in [2.45, 2.75) is 54.1 Å². The number of nitrogens with zero attached hydrogens (tertiary/aromatic N) is 12. The number of hydrogen-bond acceptors (Lipinski definition) is 6. The van der Waals surface area contributed by atoms with E-state index in [0.717, 1.165) is 34.2 Å². The molecular weight excluding hydrogens is 710 g/mol. The molecule has 6 aromatic rings. The van der Waals surface area contributed by atoms with Crippen LogP contribution in [0.25, 0.3) is 0 Å². The Morgan fingerprint density at radius 1 is 0.367 bits per heavy atom. The first-order valence-corrected chi connectivity index (χ1v) is 14.1. The molecule has 23 heteroatoms. The van der Waals surface area contributed by atoms with E-state index in [2.05, 4.69) is 30.6 Å².